The Bertz CT molecular complexity index is 2450. The molecule has 2 N–H and O–H groups in total. The number of ether oxygens (including phenoxy) is 3. The lowest BCUT2D eigenvalue weighted by atomic mass is 9.84. The number of thiazole rings is 1. The summed E-state index contributed by atoms with van der Waals surface area (Å²) in [5.74, 6) is -1.60. The Morgan fingerprint density at radius 1 is 1.07 bits per heavy atom. The molecule has 0 spiro atoms. The molecule has 370 valence electrons. The van der Waals surface area contributed by atoms with Crippen LogP contribution in [0, 0.1) is 11.3 Å². The molecule has 4 aromatic rings. The number of alkyl halides is 1. The molecule has 0 aliphatic carbocycles. The number of esters is 1. The quantitative estimate of drug-likeness (QED) is 0.0645. The van der Waals surface area contributed by atoms with Crippen molar-refractivity contribution in [3.63, 3.8) is 0 Å². The van der Waals surface area contributed by atoms with Gasteiger partial charge < -0.3 is 38.8 Å². The highest BCUT2D eigenvalue weighted by Gasteiger charge is 2.46. The summed E-state index contributed by atoms with van der Waals surface area (Å²) in [7, 11) is 7.14. The lowest BCUT2D eigenvalue weighted by Gasteiger charge is -2.41. The van der Waals surface area contributed by atoms with E-state index in [-0.39, 0.29) is 31.1 Å². The molecule has 0 unspecified atom stereocenters. The SMILES string of the molecule is CCn1c(-c2cccnc2[C@H](C)OC)c2c3cc(ccc31)-c1csc(n1)C[C@](I)(NC(=O)[C@H](C(C)C)N(C)C(=O)N1CCC(N(C)CCOC)CC1)C(=O)N1CCC[C@H](N1)C(=O)OCC(C)(C)C2. The van der Waals surface area contributed by atoms with E-state index in [9.17, 15) is 19.2 Å². The first-order valence-corrected chi connectivity index (χ1v) is 25.9. The number of benzene rings is 1. The number of hydrogen-bond donors (Lipinski definition) is 2. The van der Waals surface area contributed by atoms with Crippen LogP contribution >= 0.6 is 33.9 Å². The third kappa shape index (κ3) is 11.0. The van der Waals surface area contributed by atoms with Crippen molar-refractivity contribution in [2.75, 3.05) is 67.7 Å². The number of rotatable bonds is 12. The number of nitrogens with one attached hydrogen (secondary N) is 2. The number of amides is 4. The van der Waals surface area contributed by atoms with Crippen molar-refractivity contribution in [2.45, 2.75) is 114 Å². The number of urea groups is 1. The molecule has 16 nitrogen and oxygen atoms in total. The van der Waals surface area contributed by atoms with Gasteiger partial charge in [0.25, 0.3) is 5.91 Å². The zero-order valence-corrected chi connectivity index (χ0v) is 44.4. The van der Waals surface area contributed by atoms with Gasteiger partial charge in [0.05, 0.1) is 41.4 Å². The number of likely N-dealkylation sites (tertiary alicyclic amines) is 1. The number of aryl methyl sites for hydroxylation is 1. The van der Waals surface area contributed by atoms with Gasteiger partial charge >= 0.3 is 12.0 Å². The standard InChI is InChI=1S/C50H70IN9O7S/c1-11-59-40-17-16-33-26-36(40)37(44(59)35-14-12-20-52-42(35)32(4)66-10)27-49(5,6)30-67-46(62)38-15-13-21-60(55-38)47(63)50(51,28-41-53-39(33)29-68-41)54-45(61)43(31(2)3)57(8)48(64)58-22-18-34(19-23-58)56(7)24-25-65-9/h12,14,16-17,20,26,29,31-32,34,38,43,55H,11,13,15,18-19,21-25,27-28,30H2,1-10H3,(H,54,61)/t32-,38-,43-,50-/m0/s1. The molecule has 18 heteroatoms. The summed E-state index contributed by atoms with van der Waals surface area (Å²) in [5, 5.41) is 8.28. The lowest BCUT2D eigenvalue weighted by molar-refractivity contribution is -0.155. The van der Waals surface area contributed by atoms with Crippen LogP contribution < -0.4 is 10.7 Å². The van der Waals surface area contributed by atoms with Crippen LogP contribution in [-0.4, -0.2) is 147 Å². The highest BCUT2D eigenvalue weighted by molar-refractivity contribution is 14.1. The maximum Gasteiger partial charge on any atom is 0.324 e. The zero-order chi connectivity index (χ0) is 49.1. The van der Waals surface area contributed by atoms with Crippen LogP contribution in [0.2, 0.25) is 0 Å². The number of pyridine rings is 1. The number of carbonyl (C=O) groups is 4. The number of halogens is 1. The minimum Gasteiger partial charge on any atom is -0.464 e. The van der Waals surface area contributed by atoms with Crippen LogP contribution in [0.1, 0.15) is 89.6 Å². The van der Waals surface area contributed by atoms with Crippen molar-refractivity contribution >= 4 is 68.6 Å². The molecular formula is C50H70IN9O7S. The second-order valence-corrected chi connectivity index (χ2v) is 22.5. The van der Waals surface area contributed by atoms with Crippen LogP contribution in [0.3, 0.4) is 0 Å². The maximum absolute atomic E-state index is 15.0. The molecule has 0 saturated carbocycles. The van der Waals surface area contributed by atoms with E-state index in [1.54, 1.807) is 27.5 Å². The molecule has 3 aliphatic heterocycles. The first-order valence-electron chi connectivity index (χ1n) is 23.9. The number of nitrogens with zero attached hydrogens (tertiary/aromatic N) is 7. The summed E-state index contributed by atoms with van der Waals surface area (Å²) in [6.45, 7) is 15.9. The van der Waals surface area contributed by atoms with Gasteiger partial charge in [0.15, 0.2) is 3.55 Å². The molecule has 68 heavy (non-hydrogen) atoms. The Labute approximate surface area is 418 Å². The van der Waals surface area contributed by atoms with Gasteiger partial charge in [-0.15, -0.1) is 11.3 Å². The number of fused-ring (bicyclic) bond motifs is 6. The van der Waals surface area contributed by atoms with E-state index in [1.165, 1.54) is 21.2 Å². The number of aromatic nitrogens is 3. The normalized spacial score (nSPS) is 21.5. The minimum absolute atomic E-state index is 0.0577. The van der Waals surface area contributed by atoms with Crippen LogP contribution in [0.5, 0.6) is 0 Å². The van der Waals surface area contributed by atoms with Gasteiger partial charge in [-0.3, -0.25) is 24.4 Å². The molecule has 0 radical (unpaired) electrons. The average Bonchev–Trinajstić information content (AvgIpc) is 3.92. The molecule has 4 atom stereocenters. The highest BCUT2D eigenvalue weighted by Crippen LogP contribution is 2.42. The van der Waals surface area contributed by atoms with Gasteiger partial charge in [0, 0.05) is 105 Å². The molecule has 6 bridgehead atoms. The molecule has 2 saturated heterocycles. The first-order chi connectivity index (χ1) is 32.4. The fraction of sp³-hybridized carbons (Fsp3) is 0.600. The Morgan fingerprint density at radius 2 is 1.82 bits per heavy atom. The largest absolute Gasteiger partial charge is 0.464 e. The zero-order valence-electron chi connectivity index (χ0n) is 41.4. The predicted molar refractivity (Wildman–Crippen MR) is 273 cm³/mol. The van der Waals surface area contributed by atoms with Crippen molar-refractivity contribution in [1.82, 2.24) is 45.0 Å². The Kier molecular flexibility index (Phi) is 16.6. The van der Waals surface area contributed by atoms with E-state index in [1.807, 2.05) is 59.7 Å². The number of hydrogen-bond acceptors (Lipinski definition) is 12. The number of piperidine rings is 1. The molecule has 3 aliphatic rings. The molecule has 2 fully saturated rings. The molecule has 7 rings (SSSR count). The number of cyclic esters (lactones) is 1. The fourth-order valence-electron chi connectivity index (χ4n) is 10.0. The topological polar surface area (TPSA) is 164 Å². The van der Waals surface area contributed by atoms with Crippen LogP contribution in [0.4, 0.5) is 4.79 Å². The monoisotopic (exact) mass is 1070 g/mol. The molecule has 1 aromatic carbocycles. The van der Waals surface area contributed by atoms with E-state index in [0.29, 0.717) is 63.1 Å². The summed E-state index contributed by atoms with van der Waals surface area (Å²) >= 11 is 3.47. The minimum atomic E-state index is -1.55. The van der Waals surface area contributed by atoms with E-state index >= 15 is 0 Å². The number of likely N-dealkylation sites (N-methyl/N-ethyl adjacent to an activating group) is 2. The smallest absolute Gasteiger partial charge is 0.324 e. The third-order valence-electron chi connectivity index (χ3n) is 13.8. The Hall–Kier alpha value is -4.21. The van der Waals surface area contributed by atoms with Gasteiger partial charge in [-0.2, -0.15) is 0 Å². The summed E-state index contributed by atoms with van der Waals surface area (Å²) in [4.78, 5) is 73.4. The maximum atomic E-state index is 15.0. The Morgan fingerprint density at radius 3 is 2.51 bits per heavy atom. The van der Waals surface area contributed by atoms with Crippen molar-refractivity contribution in [2.24, 2.45) is 11.3 Å². The highest BCUT2D eigenvalue weighted by atomic mass is 127. The van der Waals surface area contributed by atoms with Gasteiger partial charge in [-0.05, 0) is 111 Å². The van der Waals surface area contributed by atoms with Crippen molar-refractivity contribution in [1.29, 1.82) is 0 Å². The molecule has 4 amide bonds. The van der Waals surface area contributed by atoms with Gasteiger partial charge in [-0.1, -0.05) is 33.8 Å². The van der Waals surface area contributed by atoms with Gasteiger partial charge in [-0.25, -0.2) is 15.2 Å². The van der Waals surface area contributed by atoms with Crippen molar-refractivity contribution in [3.05, 3.63) is 58.2 Å². The fourth-order valence-corrected chi connectivity index (χ4v) is 12.1. The summed E-state index contributed by atoms with van der Waals surface area (Å²) < 4.78 is 18.0. The number of carbonyl (C=O) groups excluding carboxylic acids is 4. The predicted octanol–water partition coefficient (Wildman–Crippen LogP) is 7.08. The second kappa shape index (κ2) is 21.8. The average molecular weight is 1070 g/mol. The molecule has 3 aromatic heterocycles. The van der Waals surface area contributed by atoms with Crippen LogP contribution in [0.15, 0.2) is 41.9 Å². The van der Waals surface area contributed by atoms with E-state index in [2.05, 4.69) is 72.3 Å². The molecule has 6 heterocycles. The summed E-state index contributed by atoms with van der Waals surface area (Å²) in [6, 6.07) is 8.91. The van der Waals surface area contributed by atoms with E-state index in [4.69, 9.17) is 24.2 Å². The summed E-state index contributed by atoms with van der Waals surface area (Å²) in [5.41, 5.74) is 9.37. The van der Waals surface area contributed by atoms with Crippen molar-refractivity contribution < 1.29 is 33.4 Å². The second-order valence-electron chi connectivity index (χ2n) is 19.7. The van der Waals surface area contributed by atoms with E-state index < -0.39 is 38.8 Å². The van der Waals surface area contributed by atoms with E-state index in [0.717, 1.165) is 64.1 Å². The van der Waals surface area contributed by atoms with Crippen LogP contribution in [0.25, 0.3) is 33.4 Å². The van der Waals surface area contributed by atoms with Gasteiger partial charge in [0.1, 0.15) is 12.1 Å². The number of hydrazine groups is 1. The summed E-state index contributed by atoms with van der Waals surface area (Å²) in [6.07, 6.45) is 4.84. The first kappa shape index (κ1) is 51.6. The number of methoxy groups -OCH3 is 2. The van der Waals surface area contributed by atoms with Gasteiger partial charge in [0.2, 0.25) is 5.91 Å². The van der Waals surface area contributed by atoms with Crippen LogP contribution in [-0.2, 0) is 48.0 Å². The third-order valence-corrected chi connectivity index (χ3v) is 15.8. The molecular weight excluding hydrogens is 998 g/mol. The van der Waals surface area contributed by atoms with Crippen molar-refractivity contribution in [3.8, 4) is 22.5 Å². The Balaban J connectivity index is 1.25. The lowest BCUT2D eigenvalue weighted by Crippen LogP contribution is -2.66.